The van der Waals surface area contributed by atoms with E-state index in [-0.39, 0.29) is 5.91 Å². The van der Waals surface area contributed by atoms with Gasteiger partial charge in [0.15, 0.2) is 0 Å². The highest BCUT2D eigenvalue weighted by molar-refractivity contribution is 6.07. The van der Waals surface area contributed by atoms with E-state index in [1.807, 2.05) is 6.07 Å². The Morgan fingerprint density at radius 1 is 1.12 bits per heavy atom. The van der Waals surface area contributed by atoms with Gasteiger partial charge in [-0.2, -0.15) is 0 Å². The van der Waals surface area contributed by atoms with Gasteiger partial charge in [-0.3, -0.25) is 9.78 Å². The molecule has 2 rings (SSSR count). The molecule has 1 aromatic carbocycles. The Labute approximate surface area is 154 Å². The number of aromatic nitrogens is 1. The minimum atomic E-state index is -0.500. The number of benzene rings is 1. The molecule has 0 saturated carbocycles. The van der Waals surface area contributed by atoms with Crippen LogP contribution in [-0.2, 0) is 4.74 Å². The molecular formula is C20H25N3O3. The maximum Gasteiger partial charge on any atom is 0.339 e. The predicted octanol–water partition coefficient (Wildman–Crippen LogP) is 3.75. The summed E-state index contributed by atoms with van der Waals surface area (Å²) in [4.78, 5) is 30.9. The zero-order valence-electron chi connectivity index (χ0n) is 15.5. The number of pyridine rings is 1. The summed E-state index contributed by atoms with van der Waals surface area (Å²) in [7, 11) is 1.31. The van der Waals surface area contributed by atoms with Crippen LogP contribution >= 0.6 is 0 Å². The van der Waals surface area contributed by atoms with Crippen molar-refractivity contribution in [2.24, 2.45) is 0 Å². The first-order valence-electron chi connectivity index (χ1n) is 8.80. The number of nitrogens with zero attached hydrogens (tertiary/aromatic N) is 2. The number of carbonyl (C=O) groups is 2. The summed E-state index contributed by atoms with van der Waals surface area (Å²) in [6, 6.07) is 10.4. The van der Waals surface area contributed by atoms with E-state index in [2.05, 4.69) is 29.0 Å². The lowest BCUT2D eigenvalue weighted by molar-refractivity contribution is 0.0602. The fourth-order valence-electron chi connectivity index (χ4n) is 2.72. The first kappa shape index (κ1) is 19.4. The summed E-state index contributed by atoms with van der Waals surface area (Å²) in [6.07, 6.45) is 3.68. The largest absolute Gasteiger partial charge is 0.465 e. The molecule has 0 radical (unpaired) electrons. The average Bonchev–Trinajstić information content (AvgIpc) is 2.67. The van der Waals surface area contributed by atoms with Gasteiger partial charge in [-0.05, 0) is 37.1 Å². The quantitative estimate of drug-likeness (QED) is 0.730. The van der Waals surface area contributed by atoms with E-state index in [1.54, 1.807) is 36.5 Å². The maximum absolute atomic E-state index is 12.6. The van der Waals surface area contributed by atoms with Crippen LogP contribution in [0.2, 0.25) is 0 Å². The third-order valence-corrected chi connectivity index (χ3v) is 3.91. The number of hydrogen-bond acceptors (Lipinski definition) is 5. The van der Waals surface area contributed by atoms with Gasteiger partial charge in [-0.25, -0.2) is 4.79 Å². The third-order valence-electron chi connectivity index (χ3n) is 3.91. The first-order valence-corrected chi connectivity index (χ1v) is 8.80. The van der Waals surface area contributed by atoms with Crippen LogP contribution in [0.1, 0.15) is 47.5 Å². The standard InChI is InChI=1S/C20H25N3O3/c1-4-12-23(13-5-2)15-10-11-21-18(14-15)19(24)22-17-9-7-6-8-16(17)20(25)26-3/h6-11,14H,4-5,12-13H2,1-3H3,(H,22,24). The van der Waals surface area contributed by atoms with Crippen LogP contribution < -0.4 is 10.2 Å². The topological polar surface area (TPSA) is 71.5 Å². The zero-order chi connectivity index (χ0) is 18.9. The van der Waals surface area contributed by atoms with Gasteiger partial charge in [0.1, 0.15) is 5.69 Å². The van der Waals surface area contributed by atoms with E-state index in [1.165, 1.54) is 7.11 Å². The molecule has 1 amide bonds. The lowest BCUT2D eigenvalue weighted by Crippen LogP contribution is -2.25. The molecule has 6 nitrogen and oxygen atoms in total. The van der Waals surface area contributed by atoms with Crippen LogP contribution in [0.3, 0.4) is 0 Å². The van der Waals surface area contributed by atoms with Crippen LogP contribution in [0.4, 0.5) is 11.4 Å². The van der Waals surface area contributed by atoms with Crippen molar-refractivity contribution < 1.29 is 14.3 Å². The Kier molecular flexibility index (Phi) is 7.14. The van der Waals surface area contributed by atoms with E-state index < -0.39 is 5.97 Å². The van der Waals surface area contributed by atoms with Crippen molar-refractivity contribution in [3.63, 3.8) is 0 Å². The van der Waals surface area contributed by atoms with Crippen LogP contribution in [0, 0.1) is 0 Å². The molecule has 1 aromatic heterocycles. The van der Waals surface area contributed by atoms with Crippen molar-refractivity contribution in [3.05, 3.63) is 53.9 Å². The smallest absolute Gasteiger partial charge is 0.339 e. The summed E-state index contributed by atoms with van der Waals surface area (Å²) < 4.78 is 4.76. The molecule has 138 valence electrons. The number of anilines is 2. The van der Waals surface area contributed by atoms with Gasteiger partial charge in [0.05, 0.1) is 18.4 Å². The normalized spacial score (nSPS) is 10.3. The van der Waals surface area contributed by atoms with Crippen molar-refractivity contribution in [1.29, 1.82) is 0 Å². The monoisotopic (exact) mass is 355 g/mol. The van der Waals surface area contributed by atoms with Gasteiger partial charge in [0.25, 0.3) is 5.91 Å². The molecule has 0 aliphatic carbocycles. The van der Waals surface area contributed by atoms with Crippen LogP contribution in [0.15, 0.2) is 42.6 Å². The highest BCUT2D eigenvalue weighted by atomic mass is 16.5. The molecule has 1 N–H and O–H groups in total. The SMILES string of the molecule is CCCN(CCC)c1ccnc(C(=O)Nc2ccccc2C(=O)OC)c1. The zero-order valence-corrected chi connectivity index (χ0v) is 15.5. The number of carbonyl (C=O) groups excluding carboxylic acids is 2. The number of hydrogen-bond donors (Lipinski definition) is 1. The second-order valence-corrected chi connectivity index (χ2v) is 5.88. The second kappa shape index (κ2) is 9.56. The number of para-hydroxylation sites is 1. The fraction of sp³-hybridized carbons (Fsp3) is 0.350. The molecule has 0 aliphatic rings. The van der Waals surface area contributed by atoms with Crippen molar-refractivity contribution in [2.75, 3.05) is 30.4 Å². The van der Waals surface area contributed by atoms with Crippen molar-refractivity contribution in [1.82, 2.24) is 4.98 Å². The number of ether oxygens (including phenoxy) is 1. The molecule has 1 heterocycles. The van der Waals surface area contributed by atoms with Gasteiger partial charge in [0.2, 0.25) is 0 Å². The Balaban J connectivity index is 2.23. The Bertz CT molecular complexity index is 755. The molecule has 0 fully saturated rings. The number of nitrogens with one attached hydrogen (secondary N) is 1. The minimum absolute atomic E-state index is 0.304. The fourth-order valence-corrected chi connectivity index (χ4v) is 2.72. The lowest BCUT2D eigenvalue weighted by atomic mass is 10.1. The summed E-state index contributed by atoms with van der Waals surface area (Å²) in [6.45, 7) is 6.09. The minimum Gasteiger partial charge on any atom is -0.465 e. The summed E-state index contributed by atoms with van der Waals surface area (Å²) in [5, 5.41) is 2.75. The van der Waals surface area contributed by atoms with Gasteiger partial charge in [0, 0.05) is 25.0 Å². The highest BCUT2D eigenvalue weighted by Gasteiger charge is 2.16. The molecule has 0 spiro atoms. The van der Waals surface area contributed by atoms with Gasteiger partial charge in [-0.15, -0.1) is 0 Å². The molecule has 6 heteroatoms. The molecule has 2 aromatic rings. The molecule has 0 aliphatic heterocycles. The van der Waals surface area contributed by atoms with E-state index in [0.717, 1.165) is 31.6 Å². The summed E-state index contributed by atoms with van der Waals surface area (Å²) in [5.74, 6) is -0.865. The molecular weight excluding hydrogens is 330 g/mol. The Morgan fingerprint density at radius 2 is 1.81 bits per heavy atom. The molecule has 0 saturated heterocycles. The van der Waals surface area contributed by atoms with Crippen molar-refractivity contribution in [3.8, 4) is 0 Å². The lowest BCUT2D eigenvalue weighted by Gasteiger charge is -2.24. The molecule has 0 atom stereocenters. The Hall–Kier alpha value is -2.89. The number of esters is 1. The van der Waals surface area contributed by atoms with E-state index in [4.69, 9.17) is 4.74 Å². The molecule has 0 unspecified atom stereocenters. The highest BCUT2D eigenvalue weighted by Crippen LogP contribution is 2.19. The summed E-state index contributed by atoms with van der Waals surface area (Å²) in [5.41, 5.74) is 1.98. The van der Waals surface area contributed by atoms with E-state index in [9.17, 15) is 9.59 Å². The van der Waals surface area contributed by atoms with Gasteiger partial charge < -0.3 is 15.0 Å². The number of rotatable bonds is 8. The van der Waals surface area contributed by atoms with Gasteiger partial charge in [-0.1, -0.05) is 26.0 Å². The summed E-state index contributed by atoms with van der Waals surface area (Å²) >= 11 is 0. The van der Waals surface area contributed by atoms with Crippen LogP contribution in [0.5, 0.6) is 0 Å². The third kappa shape index (κ3) is 4.81. The van der Waals surface area contributed by atoms with E-state index in [0.29, 0.717) is 16.9 Å². The maximum atomic E-state index is 12.6. The number of methoxy groups -OCH3 is 1. The predicted molar refractivity (Wildman–Crippen MR) is 103 cm³/mol. The van der Waals surface area contributed by atoms with Crippen molar-refractivity contribution >= 4 is 23.3 Å². The Morgan fingerprint density at radius 3 is 2.46 bits per heavy atom. The van der Waals surface area contributed by atoms with Gasteiger partial charge >= 0.3 is 5.97 Å². The first-order chi connectivity index (χ1) is 12.6. The molecule has 26 heavy (non-hydrogen) atoms. The second-order valence-electron chi connectivity index (χ2n) is 5.88. The van der Waals surface area contributed by atoms with Crippen LogP contribution in [-0.4, -0.2) is 37.1 Å². The molecule has 0 bridgehead atoms. The van der Waals surface area contributed by atoms with E-state index >= 15 is 0 Å². The van der Waals surface area contributed by atoms with Crippen molar-refractivity contribution in [2.45, 2.75) is 26.7 Å². The van der Waals surface area contributed by atoms with Crippen LogP contribution in [0.25, 0.3) is 0 Å². The number of amides is 1. The average molecular weight is 355 g/mol.